The Kier molecular flexibility index (Phi) is 8.32. The third-order valence-corrected chi connectivity index (χ3v) is 8.54. The van der Waals surface area contributed by atoms with Crippen LogP contribution in [0.5, 0.6) is 5.75 Å². The van der Waals surface area contributed by atoms with Crippen LogP contribution < -0.4 is 14.4 Å². The zero-order valence-electron chi connectivity index (χ0n) is 21.5. The highest BCUT2D eigenvalue weighted by Gasteiger charge is 2.25. The summed E-state index contributed by atoms with van der Waals surface area (Å²) in [6.07, 6.45) is 0. The van der Waals surface area contributed by atoms with Crippen molar-refractivity contribution in [2.45, 2.75) is 30.8 Å². The van der Waals surface area contributed by atoms with E-state index in [4.69, 9.17) is 4.74 Å². The number of anilines is 2. The molecule has 0 fully saturated rings. The maximum atomic E-state index is 13.4. The van der Waals surface area contributed by atoms with E-state index in [-0.39, 0.29) is 28.8 Å². The Hall–Kier alpha value is -3.90. The quantitative estimate of drug-likeness (QED) is 0.290. The van der Waals surface area contributed by atoms with Crippen molar-refractivity contribution in [1.29, 1.82) is 0 Å². The Bertz CT molecular complexity index is 1540. The molecule has 198 valence electrons. The fraction of sp³-hybridized carbons (Fsp3) is 0.231. The molecule has 12 heteroatoms. The Labute approximate surface area is 226 Å². The molecular formula is C26H28N6O4S2. The second-order valence-electron chi connectivity index (χ2n) is 8.37. The van der Waals surface area contributed by atoms with Crippen molar-refractivity contribution in [3.05, 3.63) is 77.9 Å². The molecule has 38 heavy (non-hydrogen) atoms. The van der Waals surface area contributed by atoms with Crippen LogP contribution >= 0.6 is 11.8 Å². The lowest BCUT2D eigenvalue weighted by molar-refractivity contribution is -0.113. The third-order valence-electron chi connectivity index (χ3n) is 5.72. The number of tetrazole rings is 1. The van der Waals surface area contributed by atoms with E-state index in [9.17, 15) is 13.2 Å². The van der Waals surface area contributed by atoms with Gasteiger partial charge in [0.1, 0.15) is 5.75 Å². The molecule has 0 aliphatic heterocycles. The number of methoxy groups -OCH3 is 1. The number of hydrogen-bond donors (Lipinski definition) is 1. The molecule has 0 aliphatic rings. The summed E-state index contributed by atoms with van der Waals surface area (Å²) in [5.41, 5.74) is 3.74. The minimum Gasteiger partial charge on any atom is -0.495 e. The van der Waals surface area contributed by atoms with Gasteiger partial charge in [0.2, 0.25) is 11.1 Å². The molecule has 1 N–H and O–H groups in total. The van der Waals surface area contributed by atoms with Crippen LogP contribution in [-0.4, -0.2) is 53.9 Å². The summed E-state index contributed by atoms with van der Waals surface area (Å²) < 4.78 is 35.2. The molecule has 10 nitrogen and oxygen atoms in total. The van der Waals surface area contributed by atoms with Gasteiger partial charge in [0.05, 0.1) is 34.8 Å². The first kappa shape index (κ1) is 27.1. The van der Waals surface area contributed by atoms with Crippen LogP contribution in [0.2, 0.25) is 0 Å². The Balaban J connectivity index is 1.52. The zero-order valence-corrected chi connectivity index (χ0v) is 23.1. The molecule has 0 bridgehead atoms. The van der Waals surface area contributed by atoms with Gasteiger partial charge in [0.15, 0.2) is 0 Å². The highest BCUT2D eigenvalue weighted by Crippen LogP contribution is 2.31. The Morgan fingerprint density at radius 3 is 2.53 bits per heavy atom. The molecule has 0 saturated heterocycles. The number of benzene rings is 3. The number of aryl methyl sites for hydroxylation is 2. The first-order valence-electron chi connectivity index (χ1n) is 11.8. The summed E-state index contributed by atoms with van der Waals surface area (Å²) >= 11 is 1.17. The van der Waals surface area contributed by atoms with E-state index in [1.54, 1.807) is 35.9 Å². The highest BCUT2D eigenvalue weighted by molar-refractivity contribution is 7.99. The van der Waals surface area contributed by atoms with Gasteiger partial charge in [-0.05, 0) is 73.2 Å². The number of para-hydroxylation sites is 1. The summed E-state index contributed by atoms with van der Waals surface area (Å²) in [5, 5.41) is 15.1. The fourth-order valence-electron chi connectivity index (χ4n) is 3.94. The summed E-state index contributed by atoms with van der Waals surface area (Å²) in [4.78, 5) is 12.9. The van der Waals surface area contributed by atoms with Gasteiger partial charge in [0, 0.05) is 6.54 Å². The number of nitrogens with zero attached hydrogens (tertiary/aromatic N) is 5. The lowest BCUT2D eigenvalue weighted by atomic mass is 10.1. The predicted molar refractivity (Wildman–Crippen MR) is 148 cm³/mol. The number of rotatable bonds is 10. The number of carbonyl (C=O) groups excluding carboxylic acids is 1. The third kappa shape index (κ3) is 5.81. The van der Waals surface area contributed by atoms with E-state index in [1.165, 1.54) is 41.4 Å². The number of ether oxygens (including phenoxy) is 1. The highest BCUT2D eigenvalue weighted by atomic mass is 32.2. The monoisotopic (exact) mass is 552 g/mol. The number of sulfonamides is 1. The lowest BCUT2D eigenvalue weighted by Gasteiger charge is -2.23. The second-order valence-corrected chi connectivity index (χ2v) is 11.2. The number of thioether (sulfide) groups is 1. The van der Waals surface area contributed by atoms with Gasteiger partial charge in [-0.15, -0.1) is 5.10 Å². The number of hydrogen-bond acceptors (Lipinski definition) is 8. The van der Waals surface area contributed by atoms with Crippen LogP contribution in [0.3, 0.4) is 0 Å². The van der Waals surface area contributed by atoms with Crippen LogP contribution in [0.25, 0.3) is 5.69 Å². The Morgan fingerprint density at radius 1 is 1.08 bits per heavy atom. The van der Waals surface area contributed by atoms with Crippen LogP contribution in [0.1, 0.15) is 18.1 Å². The molecule has 0 spiro atoms. The van der Waals surface area contributed by atoms with Crippen LogP contribution in [-0.2, 0) is 14.8 Å². The maximum absolute atomic E-state index is 13.4. The topological polar surface area (TPSA) is 119 Å². The summed E-state index contributed by atoms with van der Waals surface area (Å²) in [6.45, 7) is 5.98. The Morgan fingerprint density at radius 2 is 1.84 bits per heavy atom. The molecule has 1 heterocycles. The molecule has 3 aromatic carbocycles. The molecule has 1 amide bonds. The normalized spacial score (nSPS) is 11.3. The largest absolute Gasteiger partial charge is 0.495 e. The molecule has 0 atom stereocenters. The first-order chi connectivity index (χ1) is 18.2. The fourth-order valence-corrected chi connectivity index (χ4v) is 6.12. The summed E-state index contributed by atoms with van der Waals surface area (Å²) in [7, 11) is -2.43. The minimum atomic E-state index is -3.89. The van der Waals surface area contributed by atoms with Crippen molar-refractivity contribution < 1.29 is 17.9 Å². The second kappa shape index (κ2) is 11.7. The van der Waals surface area contributed by atoms with Gasteiger partial charge in [0.25, 0.3) is 10.0 Å². The molecule has 0 saturated carbocycles. The standard InChI is InChI=1S/C26H28N6O4S2/c1-5-31(20-9-7-6-8-10-20)38(34,35)21-12-14-24(36-4)22(16-21)27-25(33)17-37-26-28-29-30-32(26)23-13-11-18(2)15-19(23)3/h6-16H,5,17H2,1-4H3,(H,27,33). The van der Waals surface area contributed by atoms with Crippen LogP contribution in [0.4, 0.5) is 11.4 Å². The van der Waals surface area contributed by atoms with Gasteiger partial charge in [-0.1, -0.05) is 47.7 Å². The lowest BCUT2D eigenvalue weighted by Crippen LogP contribution is -2.30. The van der Waals surface area contributed by atoms with Crippen molar-refractivity contribution in [3.8, 4) is 11.4 Å². The molecule has 0 unspecified atom stereocenters. The number of amides is 1. The van der Waals surface area contributed by atoms with Crippen molar-refractivity contribution in [3.63, 3.8) is 0 Å². The number of nitrogens with one attached hydrogen (secondary N) is 1. The van der Waals surface area contributed by atoms with Gasteiger partial charge in [-0.25, -0.2) is 8.42 Å². The average Bonchev–Trinajstić information content (AvgIpc) is 3.36. The van der Waals surface area contributed by atoms with E-state index in [0.29, 0.717) is 16.6 Å². The van der Waals surface area contributed by atoms with E-state index in [0.717, 1.165) is 16.8 Å². The van der Waals surface area contributed by atoms with E-state index in [1.807, 2.05) is 38.1 Å². The molecular weight excluding hydrogens is 524 g/mol. The van der Waals surface area contributed by atoms with Gasteiger partial charge < -0.3 is 10.1 Å². The van der Waals surface area contributed by atoms with E-state index >= 15 is 0 Å². The van der Waals surface area contributed by atoms with Crippen molar-refractivity contribution >= 4 is 39.1 Å². The predicted octanol–water partition coefficient (Wildman–Crippen LogP) is 4.23. The summed E-state index contributed by atoms with van der Waals surface area (Å²) in [6, 6.07) is 19.2. The van der Waals surface area contributed by atoms with Crippen molar-refractivity contribution in [2.24, 2.45) is 0 Å². The van der Waals surface area contributed by atoms with Crippen LogP contribution in [0, 0.1) is 13.8 Å². The van der Waals surface area contributed by atoms with Gasteiger partial charge in [-0.2, -0.15) is 4.68 Å². The summed E-state index contributed by atoms with van der Waals surface area (Å²) in [5.74, 6) is -0.0325. The smallest absolute Gasteiger partial charge is 0.264 e. The SMILES string of the molecule is CCN(c1ccccc1)S(=O)(=O)c1ccc(OC)c(NC(=O)CSc2nnnn2-c2ccc(C)cc2C)c1. The average molecular weight is 553 g/mol. The first-order valence-corrected chi connectivity index (χ1v) is 14.2. The zero-order chi connectivity index (χ0) is 27.3. The van der Waals surface area contributed by atoms with Crippen molar-refractivity contribution in [1.82, 2.24) is 20.2 Å². The molecule has 4 rings (SSSR count). The van der Waals surface area contributed by atoms with Crippen LogP contribution in [0.15, 0.2) is 76.8 Å². The molecule has 1 aromatic heterocycles. The number of carbonyl (C=O) groups is 1. The van der Waals surface area contributed by atoms with Gasteiger partial charge >= 0.3 is 0 Å². The van der Waals surface area contributed by atoms with E-state index in [2.05, 4.69) is 20.8 Å². The molecule has 0 aliphatic carbocycles. The molecule has 0 radical (unpaired) electrons. The van der Waals surface area contributed by atoms with E-state index < -0.39 is 10.0 Å². The minimum absolute atomic E-state index is 0.00346. The maximum Gasteiger partial charge on any atom is 0.264 e. The van der Waals surface area contributed by atoms with Crippen molar-refractivity contribution in [2.75, 3.05) is 29.0 Å². The number of aromatic nitrogens is 4. The van der Waals surface area contributed by atoms with Gasteiger partial charge in [-0.3, -0.25) is 9.10 Å². The molecule has 4 aromatic rings.